The van der Waals surface area contributed by atoms with Crippen LogP contribution in [0.2, 0.25) is 0 Å². The first-order valence-corrected chi connectivity index (χ1v) is 6.92. The molecule has 2 rings (SSSR count). The van der Waals surface area contributed by atoms with Gasteiger partial charge in [0.1, 0.15) is 0 Å². The second-order valence-corrected chi connectivity index (χ2v) is 5.74. The molecule has 1 aliphatic heterocycles. The van der Waals surface area contributed by atoms with E-state index < -0.39 is 0 Å². The Balaban J connectivity index is 2.17. The van der Waals surface area contributed by atoms with Crippen molar-refractivity contribution in [3.8, 4) is 0 Å². The van der Waals surface area contributed by atoms with Crippen molar-refractivity contribution in [1.82, 2.24) is 10.3 Å². The monoisotopic (exact) mass is 255 g/mol. The fraction of sp³-hybridized carbons (Fsp3) is 0.750. The van der Waals surface area contributed by atoms with Crippen molar-refractivity contribution in [2.75, 3.05) is 25.1 Å². The Labute approximate surface area is 107 Å². The van der Waals surface area contributed by atoms with E-state index >= 15 is 0 Å². The third-order valence-electron chi connectivity index (χ3n) is 3.07. The fourth-order valence-corrected chi connectivity index (χ4v) is 3.21. The number of nitrogens with one attached hydrogen (secondary N) is 1. The van der Waals surface area contributed by atoms with Crippen molar-refractivity contribution >= 4 is 16.5 Å². The van der Waals surface area contributed by atoms with Crippen LogP contribution in [-0.2, 0) is 11.3 Å². The number of ether oxygens (including phenoxy) is 1. The van der Waals surface area contributed by atoms with Gasteiger partial charge in [-0.25, -0.2) is 4.98 Å². The van der Waals surface area contributed by atoms with E-state index in [1.807, 2.05) is 7.05 Å². The Morgan fingerprint density at radius 2 is 2.29 bits per heavy atom. The summed E-state index contributed by atoms with van der Waals surface area (Å²) in [4.78, 5) is 8.38. The minimum atomic E-state index is 0.295. The number of morpholine rings is 1. The summed E-state index contributed by atoms with van der Waals surface area (Å²) in [5.41, 5.74) is 1.14. The van der Waals surface area contributed by atoms with Gasteiger partial charge in [-0.05, 0) is 27.8 Å². The van der Waals surface area contributed by atoms with Gasteiger partial charge in [-0.3, -0.25) is 0 Å². The van der Waals surface area contributed by atoms with Gasteiger partial charge in [0.25, 0.3) is 0 Å². The summed E-state index contributed by atoms with van der Waals surface area (Å²) in [6.45, 7) is 9.03. The van der Waals surface area contributed by atoms with Gasteiger partial charge >= 0.3 is 0 Å². The second kappa shape index (κ2) is 5.33. The van der Waals surface area contributed by atoms with E-state index in [0.29, 0.717) is 12.1 Å². The van der Waals surface area contributed by atoms with E-state index in [9.17, 15) is 0 Å². The van der Waals surface area contributed by atoms with E-state index in [4.69, 9.17) is 4.74 Å². The van der Waals surface area contributed by atoms with E-state index in [1.165, 1.54) is 4.88 Å². The molecule has 1 aromatic rings. The number of hydrogen-bond acceptors (Lipinski definition) is 5. The third-order valence-corrected chi connectivity index (χ3v) is 4.27. The number of anilines is 1. The molecule has 1 fully saturated rings. The summed E-state index contributed by atoms with van der Waals surface area (Å²) in [6, 6.07) is 0.416. The molecule has 2 atom stereocenters. The number of nitrogens with zero attached hydrogens (tertiary/aromatic N) is 2. The molecule has 4 nitrogen and oxygen atoms in total. The van der Waals surface area contributed by atoms with Crippen LogP contribution in [0.25, 0.3) is 0 Å². The zero-order valence-electron chi connectivity index (χ0n) is 11.0. The summed E-state index contributed by atoms with van der Waals surface area (Å²) < 4.78 is 5.65. The molecule has 1 saturated heterocycles. The van der Waals surface area contributed by atoms with E-state index in [2.05, 4.69) is 36.0 Å². The largest absolute Gasteiger partial charge is 0.375 e. The number of rotatable bonds is 3. The van der Waals surface area contributed by atoms with Crippen molar-refractivity contribution in [3.63, 3.8) is 0 Å². The number of aromatic nitrogens is 1. The highest BCUT2D eigenvalue weighted by Gasteiger charge is 2.26. The van der Waals surface area contributed by atoms with Crippen molar-refractivity contribution in [2.45, 2.75) is 39.5 Å². The summed E-state index contributed by atoms with van der Waals surface area (Å²) in [7, 11) is 1.97. The van der Waals surface area contributed by atoms with Crippen molar-refractivity contribution < 1.29 is 4.74 Å². The van der Waals surface area contributed by atoms with Gasteiger partial charge in [0.15, 0.2) is 5.13 Å². The Kier molecular flexibility index (Phi) is 4.01. The maximum Gasteiger partial charge on any atom is 0.186 e. The van der Waals surface area contributed by atoms with Gasteiger partial charge in [-0.15, -0.1) is 11.3 Å². The Bertz CT molecular complexity index is 380. The summed E-state index contributed by atoms with van der Waals surface area (Å²) in [5.74, 6) is 0. The number of hydrogen-bond donors (Lipinski definition) is 1. The molecule has 0 amide bonds. The first kappa shape index (κ1) is 12.8. The molecule has 5 heteroatoms. The Morgan fingerprint density at radius 3 is 3.00 bits per heavy atom. The van der Waals surface area contributed by atoms with Crippen LogP contribution in [0.3, 0.4) is 0 Å². The Hall–Kier alpha value is -0.650. The van der Waals surface area contributed by atoms with E-state index in [1.54, 1.807) is 11.3 Å². The van der Waals surface area contributed by atoms with Crippen LogP contribution in [0.4, 0.5) is 5.13 Å². The lowest BCUT2D eigenvalue weighted by Crippen LogP contribution is -2.47. The maximum atomic E-state index is 5.65. The van der Waals surface area contributed by atoms with Crippen molar-refractivity contribution in [3.05, 3.63) is 10.6 Å². The van der Waals surface area contributed by atoms with Gasteiger partial charge in [-0.1, -0.05) is 0 Å². The minimum absolute atomic E-state index is 0.295. The summed E-state index contributed by atoms with van der Waals surface area (Å²) >= 11 is 1.79. The van der Waals surface area contributed by atoms with Gasteiger partial charge in [0.2, 0.25) is 0 Å². The zero-order chi connectivity index (χ0) is 12.4. The molecule has 2 unspecified atom stereocenters. The lowest BCUT2D eigenvalue weighted by Gasteiger charge is -2.36. The normalized spacial score (nSPS) is 25.3. The van der Waals surface area contributed by atoms with Crippen molar-refractivity contribution in [2.24, 2.45) is 0 Å². The minimum Gasteiger partial charge on any atom is -0.375 e. The third kappa shape index (κ3) is 2.78. The van der Waals surface area contributed by atoms with E-state index in [0.717, 1.165) is 30.5 Å². The predicted molar refractivity (Wildman–Crippen MR) is 71.8 cm³/mol. The lowest BCUT2D eigenvalue weighted by atomic mass is 10.2. The van der Waals surface area contributed by atoms with Crippen LogP contribution >= 0.6 is 11.3 Å². The quantitative estimate of drug-likeness (QED) is 0.893. The first-order valence-electron chi connectivity index (χ1n) is 6.11. The molecular formula is C12H21N3OS. The molecule has 17 heavy (non-hydrogen) atoms. The van der Waals surface area contributed by atoms with Crippen LogP contribution in [0.1, 0.15) is 24.4 Å². The average Bonchev–Trinajstić information content (AvgIpc) is 2.64. The highest BCUT2D eigenvalue weighted by atomic mass is 32.1. The summed E-state index contributed by atoms with van der Waals surface area (Å²) in [6.07, 6.45) is 0.295. The number of thiazole rings is 1. The Morgan fingerprint density at radius 1 is 1.53 bits per heavy atom. The molecule has 2 heterocycles. The molecule has 0 aliphatic carbocycles. The predicted octanol–water partition coefficient (Wildman–Crippen LogP) is 1.78. The zero-order valence-corrected chi connectivity index (χ0v) is 11.8. The maximum absolute atomic E-state index is 5.65. The molecule has 0 aromatic carbocycles. The smallest absolute Gasteiger partial charge is 0.186 e. The SMILES string of the molecule is CNCc1sc(N2CC(C)OCC2C)nc1C. The molecule has 1 N–H and O–H groups in total. The molecule has 0 bridgehead atoms. The molecule has 96 valence electrons. The van der Waals surface area contributed by atoms with Gasteiger partial charge in [0.05, 0.1) is 24.4 Å². The van der Waals surface area contributed by atoms with Crippen LogP contribution in [0, 0.1) is 6.92 Å². The molecule has 0 saturated carbocycles. The molecular weight excluding hydrogens is 234 g/mol. The standard InChI is InChI=1S/C12H21N3OS/c1-8-7-16-9(2)6-15(8)12-14-10(3)11(17-12)5-13-4/h8-9,13H,5-7H2,1-4H3. The molecule has 0 spiro atoms. The highest BCUT2D eigenvalue weighted by molar-refractivity contribution is 7.15. The van der Waals surface area contributed by atoms with Crippen LogP contribution in [0.5, 0.6) is 0 Å². The molecule has 1 aromatic heterocycles. The van der Waals surface area contributed by atoms with Crippen LogP contribution < -0.4 is 10.2 Å². The van der Waals surface area contributed by atoms with Crippen LogP contribution in [0.15, 0.2) is 0 Å². The summed E-state index contributed by atoms with van der Waals surface area (Å²) in [5, 5.41) is 4.32. The molecule has 0 radical (unpaired) electrons. The van der Waals surface area contributed by atoms with Crippen LogP contribution in [-0.4, -0.2) is 37.3 Å². The first-order chi connectivity index (χ1) is 8.11. The highest BCUT2D eigenvalue weighted by Crippen LogP contribution is 2.29. The second-order valence-electron chi connectivity index (χ2n) is 4.68. The van der Waals surface area contributed by atoms with Gasteiger partial charge in [0, 0.05) is 18.0 Å². The fourth-order valence-electron chi connectivity index (χ4n) is 2.03. The van der Waals surface area contributed by atoms with Crippen molar-refractivity contribution in [1.29, 1.82) is 0 Å². The molecule has 1 aliphatic rings. The average molecular weight is 255 g/mol. The van der Waals surface area contributed by atoms with E-state index in [-0.39, 0.29) is 0 Å². The topological polar surface area (TPSA) is 37.4 Å². The lowest BCUT2D eigenvalue weighted by molar-refractivity contribution is 0.0343. The van der Waals surface area contributed by atoms with Gasteiger partial charge < -0.3 is 15.0 Å². The number of aryl methyl sites for hydroxylation is 1. The van der Waals surface area contributed by atoms with Gasteiger partial charge in [-0.2, -0.15) is 0 Å².